The molecule has 1 unspecified atom stereocenters. The Bertz CT molecular complexity index is 319. The highest BCUT2D eigenvalue weighted by atomic mass is 35.5. The van der Waals surface area contributed by atoms with Gasteiger partial charge in [0.15, 0.2) is 0 Å². The van der Waals surface area contributed by atoms with E-state index in [4.69, 9.17) is 11.6 Å². The van der Waals surface area contributed by atoms with Gasteiger partial charge in [0.2, 0.25) is 0 Å². The third-order valence-corrected chi connectivity index (χ3v) is 5.72. The van der Waals surface area contributed by atoms with E-state index in [-0.39, 0.29) is 12.1 Å². The van der Waals surface area contributed by atoms with Crippen LogP contribution in [-0.2, 0) is 10.2 Å². The first-order valence-corrected chi connectivity index (χ1v) is 7.65. The second-order valence-corrected chi connectivity index (χ2v) is 6.78. The molecule has 1 heterocycles. The zero-order valence-electron chi connectivity index (χ0n) is 10.2. The van der Waals surface area contributed by atoms with Crippen molar-refractivity contribution in [3.8, 4) is 0 Å². The van der Waals surface area contributed by atoms with Crippen LogP contribution in [0.5, 0.6) is 0 Å². The maximum absolute atomic E-state index is 12.3. The van der Waals surface area contributed by atoms with Crippen molar-refractivity contribution in [2.24, 2.45) is 0 Å². The number of alkyl halides is 1. The third kappa shape index (κ3) is 2.88. The predicted molar refractivity (Wildman–Crippen MR) is 66.9 cm³/mol. The molecule has 0 saturated carbocycles. The van der Waals surface area contributed by atoms with Gasteiger partial charge in [0.25, 0.3) is 10.2 Å². The van der Waals surface area contributed by atoms with E-state index in [0.717, 1.165) is 19.3 Å². The maximum Gasteiger partial charge on any atom is 0.282 e. The number of rotatable bonds is 4. The minimum atomic E-state index is -3.34. The molecule has 0 bridgehead atoms. The van der Waals surface area contributed by atoms with E-state index >= 15 is 0 Å². The van der Waals surface area contributed by atoms with Gasteiger partial charge in [-0.1, -0.05) is 6.42 Å². The highest BCUT2D eigenvalue weighted by Crippen LogP contribution is 2.23. The summed E-state index contributed by atoms with van der Waals surface area (Å²) in [6.07, 6.45) is 2.86. The van der Waals surface area contributed by atoms with Crippen molar-refractivity contribution in [3.05, 3.63) is 0 Å². The summed E-state index contributed by atoms with van der Waals surface area (Å²) in [5.41, 5.74) is 0. The number of halogens is 1. The van der Waals surface area contributed by atoms with Crippen molar-refractivity contribution in [1.82, 2.24) is 8.61 Å². The standard InChI is InChI=1S/C10H21ClN2O2S/c1-9(2)12(3)16(14,15)13-7-5-4-6-10(13)8-11/h9-10H,4-8H2,1-3H3. The van der Waals surface area contributed by atoms with Crippen molar-refractivity contribution in [2.75, 3.05) is 19.5 Å². The second kappa shape index (κ2) is 5.67. The quantitative estimate of drug-likeness (QED) is 0.728. The number of hydrogen-bond acceptors (Lipinski definition) is 2. The van der Waals surface area contributed by atoms with E-state index in [0.29, 0.717) is 12.4 Å². The summed E-state index contributed by atoms with van der Waals surface area (Å²) >= 11 is 5.84. The molecule has 1 saturated heterocycles. The third-order valence-electron chi connectivity index (χ3n) is 3.14. The summed E-state index contributed by atoms with van der Waals surface area (Å²) in [5.74, 6) is 0.380. The van der Waals surface area contributed by atoms with Gasteiger partial charge in [0.1, 0.15) is 0 Å². The summed E-state index contributed by atoms with van der Waals surface area (Å²) in [5, 5.41) is 0. The Kier molecular flexibility index (Phi) is 5.04. The van der Waals surface area contributed by atoms with E-state index in [1.54, 1.807) is 11.4 Å². The van der Waals surface area contributed by atoms with E-state index in [9.17, 15) is 8.42 Å². The highest BCUT2D eigenvalue weighted by molar-refractivity contribution is 7.86. The van der Waals surface area contributed by atoms with Gasteiger partial charge in [-0.25, -0.2) is 0 Å². The topological polar surface area (TPSA) is 40.6 Å². The van der Waals surface area contributed by atoms with Gasteiger partial charge in [0, 0.05) is 31.6 Å². The zero-order chi connectivity index (χ0) is 12.3. The van der Waals surface area contributed by atoms with E-state index < -0.39 is 10.2 Å². The van der Waals surface area contributed by atoms with Crippen LogP contribution in [-0.4, -0.2) is 48.6 Å². The molecular weight excluding hydrogens is 248 g/mol. The summed E-state index contributed by atoms with van der Waals surface area (Å²) in [7, 11) is -1.72. The molecule has 1 aliphatic rings. The fourth-order valence-electron chi connectivity index (χ4n) is 1.86. The smallest absolute Gasteiger partial charge is 0.195 e. The Labute approximate surface area is 104 Å². The van der Waals surface area contributed by atoms with E-state index in [1.807, 2.05) is 13.8 Å². The Morgan fingerprint density at radius 1 is 1.44 bits per heavy atom. The molecule has 0 aliphatic carbocycles. The molecule has 0 radical (unpaired) electrons. The number of hydrogen-bond donors (Lipinski definition) is 0. The Morgan fingerprint density at radius 2 is 2.06 bits per heavy atom. The Morgan fingerprint density at radius 3 is 2.56 bits per heavy atom. The monoisotopic (exact) mass is 268 g/mol. The molecule has 0 aromatic carbocycles. The molecule has 0 spiro atoms. The fourth-order valence-corrected chi connectivity index (χ4v) is 4.05. The minimum absolute atomic E-state index is 0.0251. The predicted octanol–water partition coefficient (Wildman–Crippen LogP) is 1.66. The molecule has 1 rings (SSSR count). The van der Waals surface area contributed by atoms with Gasteiger partial charge in [0.05, 0.1) is 0 Å². The summed E-state index contributed by atoms with van der Waals surface area (Å²) < 4.78 is 27.6. The molecule has 1 atom stereocenters. The fraction of sp³-hybridized carbons (Fsp3) is 1.00. The lowest BCUT2D eigenvalue weighted by Crippen LogP contribution is -2.51. The van der Waals surface area contributed by atoms with Gasteiger partial charge in [-0.2, -0.15) is 17.0 Å². The molecule has 96 valence electrons. The highest BCUT2D eigenvalue weighted by Gasteiger charge is 2.35. The van der Waals surface area contributed by atoms with Crippen LogP contribution in [0.2, 0.25) is 0 Å². The Hall–Kier alpha value is 0.160. The molecule has 16 heavy (non-hydrogen) atoms. The second-order valence-electron chi connectivity index (χ2n) is 4.53. The average molecular weight is 269 g/mol. The molecular formula is C10H21ClN2O2S. The van der Waals surface area contributed by atoms with Crippen molar-refractivity contribution in [3.63, 3.8) is 0 Å². The molecule has 6 heteroatoms. The normalized spacial score (nSPS) is 24.2. The van der Waals surface area contributed by atoms with Crippen LogP contribution in [0, 0.1) is 0 Å². The van der Waals surface area contributed by atoms with Gasteiger partial charge < -0.3 is 0 Å². The molecule has 0 aromatic heterocycles. The van der Waals surface area contributed by atoms with Crippen LogP contribution in [0.25, 0.3) is 0 Å². The van der Waals surface area contributed by atoms with Crippen molar-refractivity contribution >= 4 is 21.8 Å². The molecule has 1 aliphatic heterocycles. The van der Waals surface area contributed by atoms with E-state index in [2.05, 4.69) is 0 Å². The van der Waals surface area contributed by atoms with Crippen LogP contribution in [0.3, 0.4) is 0 Å². The first-order valence-electron chi connectivity index (χ1n) is 5.72. The first-order chi connectivity index (χ1) is 7.41. The van der Waals surface area contributed by atoms with Gasteiger partial charge in [-0.15, -0.1) is 11.6 Å². The Balaban J connectivity index is 2.88. The molecule has 0 aromatic rings. The first kappa shape index (κ1) is 14.2. The minimum Gasteiger partial charge on any atom is -0.195 e. The lowest BCUT2D eigenvalue weighted by atomic mass is 10.1. The van der Waals surface area contributed by atoms with Gasteiger partial charge in [-0.05, 0) is 26.7 Å². The van der Waals surface area contributed by atoms with Crippen LogP contribution < -0.4 is 0 Å². The van der Waals surface area contributed by atoms with Crippen molar-refractivity contribution in [2.45, 2.75) is 45.2 Å². The molecule has 0 N–H and O–H groups in total. The zero-order valence-corrected chi connectivity index (χ0v) is 11.8. The van der Waals surface area contributed by atoms with Gasteiger partial charge >= 0.3 is 0 Å². The summed E-state index contributed by atoms with van der Waals surface area (Å²) in [6, 6.07) is -0.0653. The average Bonchev–Trinajstić information content (AvgIpc) is 2.27. The summed E-state index contributed by atoms with van der Waals surface area (Å²) in [6.45, 7) is 4.34. The molecule has 0 amide bonds. The lowest BCUT2D eigenvalue weighted by Gasteiger charge is -2.37. The SMILES string of the molecule is CC(C)N(C)S(=O)(=O)N1CCCCC1CCl. The van der Waals surface area contributed by atoms with Crippen LogP contribution >= 0.6 is 11.6 Å². The maximum atomic E-state index is 12.3. The van der Waals surface area contributed by atoms with Crippen LogP contribution in [0.4, 0.5) is 0 Å². The van der Waals surface area contributed by atoms with Crippen LogP contribution in [0.1, 0.15) is 33.1 Å². The van der Waals surface area contributed by atoms with Crippen LogP contribution in [0.15, 0.2) is 0 Å². The number of nitrogens with zero attached hydrogens (tertiary/aromatic N) is 2. The molecule has 1 fully saturated rings. The van der Waals surface area contributed by atoms with Crippen molar-refractivity contribution < 1.29 is 8.42 Å². The van der Waals surface area contributed by atoms with Gasteiger partial charge in [-0.3, -0.25) is 0 Å². The lowest BCUT2D eigenvalue weighted by molar-refractivity contribution is 0.246. The van der Waals surface area contributed by atoms with E-state index in [1.165, 1.54) is 4.31 Å². The number of piperidine rings is 1. The van der Waals surface area contributed by atoms with Crippen molar-refractivity contribution in [1.29, 1.82) is 0 Å². The molecule has 4 nitrogen and oxygen atoms in total. The summed E-state index contributed by atoms with van der Waals surface area (Å²) in [4.78, 5) is 0. The largest absolute Gasteiger partial charge is 0.282 e.